The molecule has 1 heterocycles. The van der Waals surface area contributed by atoms with Gasteiger partial charge in [-0.15, -0.1) is 12.4 Å². The van der Waals surface area contributed by atoms with Crippen LogP contribution in [0, 0.1) is 0 Å². The summed E-state index contributed by atoms with van der Waals surface area (Å²) < 4.78 is 29.5. The highest BCUT2D eigenvalue weighted by atomic mass is 35.5. The van der Waals surface area contributed by atoms with Crippen molar-refractivity contribution < 1.29 is 12.9 Å². The minimum Gasteiger partial charge on any atom is -0.334 e. The highest BCUT2D eigenvalue weighted by molar-refractivity contribution is 7.91. The minimum absolute atomic E-state index is 0. The lowest BCUT2D eigenvalue weighted by Crippen LogP contribution is -2.24. The first-order chi connectivity index (χ1) is 9.97. The molecule has 1 aromatic carbocycles. The van der Waals surface area contributed by atoms with Crippen LogP contribution in [0.4, 0.5) is 0 Å². The fourth-order valence-corrected chi connectivity index (χ4v) is 2.98. The number of halogens is 1. The van der Waals surface area contributed by atoms with Gasteiger partial charge >= 0.3 is 0 Å². The van der Waals surface area contributed by atoms with E-state index in [9.17, 15) is 8.42 Å². The second kappa shape index (κ2) is 7.71. The fraction of sp³-hybridized carbons (Fsp3) is 0.429. The van der Waals surface area contributed by atoms with Crippen molar-refractivity contribution in [3.05, 3.63) is 30.1 Å². The summed E-state index contributed by atoms with van der Waals surface area (Å²) in [6, 6.07) is 6.90. The van der Waals surface area contributed by atoms with Crippen LogP contribution in [0.15, 0.2) is 33.7 Å². The van der Waals surface area contributed by atoms with Crippen molar-refractivity contribution in [2.45, 2.75) is 31.2 Å². The van der Waals surface area contributed by atoms with E-state index in [-0.39, 0.29) is 35.0 Å². The van der Waals surface area contributed by atoms with Crippen molar-refractivity contribution in [1.29, 1.82) is 0 Å². The standard InChI is InChI=1S/C14H19N3O3S.ClH/c1-4-21(18,19)12-8-6-5-7-11(12)14-16-13(17-20-14)9-10(2)15-3;/h5-8,10,15H,4,9H2,1-3H3;1H. The van der Waals surface area contributed by atoms with Crippen LogP contribution in [0.25, 0.3) is 11.5 Å². The molecule has 6 nitrogen and oxygen atoms in total. The minimum atomic E-state index is -3.34. The SMILES string of the molecule is CCS(=O)(=O)c1ccccc1-c1nc(CC(C)NC)no1.Cl. The molecule has 0 radical (unpaired) electrons. The maximum absolute atomic E-state index is 12.1. The zero-order valence-electron chi connectivity index (χ0n) is 12.7. The van der Waals surface area contributed by atoms with Crippen LogP contribution in [0.1, 0.15) is 19.7 Å². The number of nitrogens with zero attached hydrogens (tertiary/aromatic N) is 2. The molecule has 0 saturated carbocycles. The molecule has 0 aliphatic rings. The third-order valence-electron chi connectivity index (χ3n) is 3.28. The molecule has 2 rings (SSSR count). The molecule has 0 amide bonds. The van der Waals surface area contributed by atoms with Gasteiger partial charge in [0.25, 0.3) is 5.89 Å². The Kier molecular flexibility index (Phi) is 6.52. The van der Waals surface area contributed by atoms with Gasteiger partial charge in [-0.2, -0.15) is 4.98 Å². The molecule has 8 heteroatoms. The van der Waals surface area contributed by atoms with Gasteiger partial charge in [-0.3, -0.25) is 0 Å². The van der Waals surface area contributed by atoms with Gasteiger partial charge in [-0.25, -0.2) is 8.42 Å². The van der Waals surface area contributed by atoms with E-state index < -0.39 is 9.84 Å². The number of hydrogen-bond acceptors (Lipinski definition) is 6. The Bertz CT molecular complexity index is 716. The highest BCUT2D eigenvalue weighted by Crippen LogP contribution is 2.26. The molecule has 1 atom stereocenters. The van der Waals surface area contributed by atoms with Crippen molar-refractivity contribution in [1.82, 2.24) is 15.5 Å². The Hall–Kier alpha value is -1.44. The molecule has 0 spiro atoms. The topological polar surface area (TPSA) is 85.1 Å². The summed E-state index contributed by atoms with van der Waals surface area (Å²) >= 11 is 0. The first-order valence-corrected chi connectivity index (χ1v) is 8.45. The van der Waals surface area contributed by atoms with Gasteiger partial charge in [0.1, 0.15) is 0 Å². The van der Waals surface area contributed by atoms with Crippen LogP contribution >= 0.6 is 12.4 Å². The number of aromatic nitrogens is 2. The summed E-state index contributed by atoms with van der Waals surface area (Å²) in [6.45, 7) is 3.62. The molecular formula is C14H20ClN3O3S. The predicted octanol–water partition coefficient (Wildman–Crippen LogP) is 2.10. The zero-order valence-corrected chi connectivity index (χ0v) is 14.4. The Labute approximate surface area is 136 Å². The molecule has 1 unspecified atom stereocenters. The van der Waals surface area contributed by atoms with Crippen molar-refractivity contribution in [2.75, 3.05) is 12.8 Å². The van der Waals surface area contributed by atoms with E-state index in [4.69, 9.17) is 4.52 Å². The molecular weight excluding hydrogens is 326 g/mol. The molecule has 0 fully saturated rings. The number of benzene rings is 1. The molecule has 1 N–H and O–H groups in total. The second-order valence-corrected chi connectivity index (χ2v) is 7.06. The van der Waals surface area contributed by atoms with Crippen LogP contribution in [0.3, 0.4) is 0 Å². The number of nitrogens with one attached hydrogen (secondary N) is 1. The lowest BCUT2D eigenvalue weighted by molar-refractivity contribution is 0.417. The number of hydrogen-bond donors (Lipinski definition) is 1. The van der Waals surface area contributed by atoms with E-state index in [0.29, 0.717) is 17.8 Å². The molecule has 122 valence electrons. The molecule has 22 heavy (non-hydrogen) atoms. The Balaban J connectivity index is 0.00000242. The van der Waals surface area contributed by atoms with Gasteiger partial charge in [0, 0.05) is 12.5 Å². The van der Waals surface area contributed by atoms with Gasteiger partial charge in [-0.1, -0.05) is 24.2 Å². The normalized spacial score (nSPS) is 12.7. The number of rotatable bonds is 6. The van der Waals surface area contributed by atoms with E-state index in [0.717, 1.165) is 0 Å². The van der Waals surface area contributed by atoms with E-state index in [2.05, 4.69) is 15.5 Å². The molecule has 2 aromatic rings. The van der Waals surface area contributed by atoms with Crippen molar-refractivity contribution >= 4 is 22.2 Å². The van der Waals surface area contributed by atoms with Gasteiger partial charge < -0.3 is 9.84 Å². The average Bonchev–Trinajstić information content (AvgIpc) is 2.95. The van der Waals surface area contributed by atoms with Crippen LogP contribution in [-0.2, 0) is 16.3 Å². The summed E-state index contributed by atoms with van der Waals surface area (Å²) in [5.74, 6) is 0.818. The van der Waals surface area contributed by atoms with Crippen molar-refractivity contribution in [3.63, 3.8) is 0 Å². The summed E-state index contributed by atoms with van der Waals surface area (Å²) in [5, 5.41) is 7.00. The van der Waals surface area contributed by atoms with Gasteiger partial charge in [-0.05, 0) is 26.1 Å². The monoisotopic (exact) mass is 345 g/mol. The van der Waals surface area contributed by atoms with E-state index >= 15 is 0 Å². The molecule has 0 saturated heterocycles. The average molecular weight is 346 g/mol. The molecule has 0 aliphatic carbocycles. The molecule has 1 aromatic heterocycles. The maximum atomic E-state index is 12.1. The Morgan fingerprint density at radius 2 is 2.00 bits per heavy atom. The van der Waals surface area contributed by atoms with Gasteiger partial charge in [0.2, 0.25) is 0 Å². The molecule has 0 bridgehead atoms. The van der Waals surface area contributed by atoms with E-state index in [1.54, 1.807) is 31.2 Å². The summed E-state index contributed by atoms with van der Waals surface area (Å²) in [7, 11) is -1.48. The quantitative estimate of drug-likeness (QED) is 0.863. The smallest absolute Gasteiger partial charge is 0.259 e. The second-order valence-electron chi connectivity index (χ2n) is 4.81. The molecule has 0 aliphatic heterocycles. The van der Waals surface area contributed by atoms with Crippen LogP contribution in [0.5, 0.6) is 0 Å². The summed E-state index contributed by atoms with van der Waals surface area (Å²) in [5.41, 5.74) is 0.454. The fourth-order valence-electron chi connectivity index (χ4n) is 1.89. The van der Waals surface area contributed by atoms with Crippen LogP contribution in [-0.4, -0.2) is 37.4 Å². The largest absolute Gasteiger partial charge is 0.334 e. The number of likely N-dealkylation sites (N-methyl/N-ethyl adjacent to an activating group) is 1. The van der Waals surface area contributed by atoms with Crippen molar-refractivity contribution in [3.8, 4) is 11.5 Å². The first kappa shape index (κ1) is 18.6. The lowest BCUT2D eigenvalue weighted by Gasteiger charge is -2.06. The third kappa shape index (κ3) is 4.06. The number of sulfone groups is 1. The lowest BCUT2D eigenvalue weighted by atomic mass is 10.2. The Morgan fingerprint density at radius 1 is 1.32 bits per heavy atom. The summed E-state index contributed by atoms with van der Waals surface area (Å²) in [4.78, 5) is 4.52. The Morgan fingerprint density at radius 3 is 2.64 bits per heavy atom. The van der Waals surface area contributed by atoms with Crippen LogP contribution in [0.2, 0.25) is 0 Å². The predicted molar refractivity (Wildman–Crippen MR) is 86.9 cm³/mol. The third-order valence-corrected chi connectivity index (χ3v) is 5.07. The zero-order chi connectivity index (χ0) is 15.5. The van der Waals surface area contributed by atoms with Gasteiger partial charge in [0.15, 0.2) is 15.7 Å². The van der Waals surface area contributed by atoms with E-state index in [1.165, 1.54) is 0 Å². The van der Waals surface area contributed by atoms with Gasteiger partial charge in [0.05, 0.1) is 16.2 Å². The van der Waals surface area contributed by atoms with E-state index in [1.807, 2.05) is 14.0 Å². The maximum Gasteiger partial charge on any atom is 0.259 e. The highest BCUT2D eigenvalue weighted by Gasteiger charge is 2.21. The van der Waals surface area contributed by atoms with Crippen LogP contribution < -0.4 is 5.32 Å². The first-order valence-electron chi connectivity index (χ1n) is 6.80. The summed E-state index contributed by atoms with van der Waals surface area (Å²) in [6.07, 6.45) is 0.614. The van der Waals surface area contributed by atoms with Crippen molar-refractivity contribution in [2.24, 2.45) is 0 Å².